The summed E-state index contributed by atoms with van der Waals surface area (Å²) < 4.78 is 0. The minimum atomic E-state index is -0.663. The van der Waals surface area contributed by atoms with Gasteiger partial charge in [0.2, 0.25) is 11.8 Å². The van der Waals surface area contributed by atoms with Crippen molar-refractivity contribution >= 4 is 35.2 Å². The van der Waals surface area contributed by atoms with Crippen molar-refractivity contribution in [2.24, 2.45) is 0 Å². The summed E-state index contributed by atoms with van der Waals surface area (Å²) in [5.41, 5.74) is 1.46. The molecule has 34 heavy (non-hydrogen) atoms. The molecule has 0 heterocycles. The predicted molar refractivity (Wildman–Crippen MR) is 141 cm³/mol. The molecule has 3 aromatic rings. The van der Waals surface area contributed by atoms with Gasteiger partial charge in [0.05, 0.1) is 5.75 Å². The Hall–Kier alpha value is -2.76. The number of nitrogens with zero attached hydrogens (tertiary/aromatic N) is 1. The number of hydrogen-bond donors (Lipinski definition) is 1. The zero-order valence-electron chi connectivity index (χ0n) is 19.8. The van der Waals surface area contributed by atoms with Gasteiger partial charge in [0.15, 0.2) is 0 Å². The number of benzene rings is 3. The third-order valence-electron chi connectivity index (χ3n) is 5.12. The Bertz CT molecular complexity index is 1080. The summed E-state index contributed by atoms with van der Waals surface area (Å²) in [4.78, 5) is 29.8. The first-order valence-corrected chi connectivity index (χ1v) is 12.7. The Morgan fingerprint density at radius 2 is 1.53 bits per heavy atom. The first-order chi connectivity index (χ1) is 16.2. The number of carbonyl (C=O) groups excluding carboxylic acids is 2. The molecule has 1 atom stereocenters. The molecule has 0 saturated carbocycles. The maximum Gasteiger partial charge on any atom is 0.243 e. The van der Waals surface area contributed by atoms with Crippen LogP contribution in [0.5, 0.6) is 0 Å². The van der Waals surface area contributed by atoms with Gasteiger partial charge in [-0.3, -0.25) is 9.59 Å². The summed E-state index contributed by atoms with van der Waals surface area (Å²) in [5, 5.41) is 3.68. The quantitative estimate of drug-likeness (QED) is 0.372. The Balaban J connectivity index is 1.92. The van der Waals surface area contributed by atoms with Crippen LogP contribution in [0.25, 0.3) is 0 Å². The maximum atomic E-state index is 13.6. The summed E-state index contributed by atoms with van der Waals surface area (Å²) in [7, 11) is 0. The fourth-order valence-electron chi connectivity index (χ4n) is 3.58. The summed E-state index contributed by atoms with van der Waals surface area (Å²) in [5.74, 6) is -0.0335. The van der Waals surface area contributed by atoms with Gasteiger partial charge in [-0.1, -0.05) is 72.3 Å². The van der Waals surface area contributed by atoms with Crippen LogP contribution in [-0.4, -0.2) is 34.0 Å². The van der Waals surface area contributed by atoms with E-state index in [0.717, 1.165) is 16.0 Å². The Kier molecular flexibility index (Phi) is 9.20. The van der Waals surface area contributed by atoms with E-state index in [1.807, 2.05) is 99.6 Å². The molecule has 178 valence electrons. The lowest BCUT2D eigenvalue weighted by molar-refractivity contribution is -0.140. The predicted octanol–water partition coefficient (Wildman–Crippen LogP) is 5.99. The zero-order chi connectivity index (χ0) is 24.6. The van der Waals surface area contributed by atoms with Gasteiger partial charge in [0.1, 0.15) is 6.04 Å². The second-order valence-electron chi connectivity index (χ2n) is 9.20. The average molecular weight is 495 g/mol. The van der Waals surface area contributed by atoms with Crippen LogP contribution in [0.3, 0.4) is 0 Å². The van der Waals surface area contributed by atoms with Gasteiger partial charge in [0.25, 0.3) is 0 Å². The first-order valence-electron chi connectivity index (χ1n) is 11.3. The van der Waals surface area contributed by atoms with E-state index >= 15 is 0 Å². The number of thioether (sulfide) groups is 1. The van der Waals surface area contributed by atoms with Crippen molar-refractivity contribution in [2.75, 3.05) is 5.75 Å². The maximum absolute atomic E-state index is 13.6. The molecule has 3 rings (SSSR count). The molecular weight excluding hydrogens is 464 g/mol. The first kappa shape index (κ1) is 25.9. The third kappa shape index (κ3) is 8.23. The van der Waals surface area contributed by atoms with Crippen LogP contribution in [0, 0.1) is 0 Å². The van der Waals surface area contributed by atoms with Crippen molar-refractivity contribution in [1.29, 1.82) is 0 Å². The number of carbonyl (C=O) groups is 2. The van der Waals surface area contributed by atoms with Crippen molar-refractivity contribution in [3.8, 4) is 0 Å². The summed E-state index contributed by atoms with van der Waals surface area (Å²) in [6.45, 7) is 6.13. The van der Waals surface area contributed by atoms with Crippen LogP contribution < -0.4 is 5.32 Å². The molecule has 4 nitrogen and oxygen atoms in total. The largest absolute Gasteiger partial charge is 0.350 e. The van der Waals surface area contributed by atoms with Crippen LogP contribution in [0.1, 0.15) is 31.9 Å². The summed E-state index contributed by atoms with van der Waals surface area (Å²) in [6, 6.07) is 26.4. The lowest BCUT2D eigenvalue weighted by atomic mass is 10.0. The lowest BCUT2D eigenvalue weighted by Gasteiger charge is -2.34. The molecule has 2 amide bonds. The van der Waals surface area contributed by atoms with Crippen LogP contribution in [0.15, 0.2) is 89.8 Å². The van der Waals surface area contributed by atoms with E-state index in [4.69, 9.17) is 11.6 Å². The van der Waals surface area contributed by atoms with Crippen LogP contribution in [-0.2, 0) is 22.6 Å². The Morgan fingerprint density at radius 3 is 2.15 bits per heavy atom. The molecule has 1 N–H and O–H groups in total. The van der Waals surface area contributed by atoms with Gasteiger partial charge >= 0.3 is 0 Å². The van der Waals surface area contributed by atoms with Gasteiger partial charge in [0, 0.05) is 28.4 Å². The second-order valence-corrected chi connectivity index (χ2v) is 10.7. The molecule has 0 spiro atoms. The highest BCUT2D eigenvalue weighted by Gasteiger charge is 2.32. The molecule has 0 aliphatic rings. The average Bonchev–Trinajstić information content (AvgIpc) is 2.80. The number of rotatable bonds is 9. The van der Waals surface area contributed by atoms with Crippen molar-refractivity contribution < 1.29 is 9.59 Å². The molecule has 6 heteroatoms. The standard InChI is InChI=1S/C28H31ClN2O2S/c1-28(2,3)30-27(33)25(18-21-11-6-4-7-12-21)31(19-22-13-10-14-23(29)17-22)26(32)20-34-24-15-8-5-9-16-24/h4-17,25H,18-20H2,1-3H3,(H,30,33). The number of hydrogen-bond acceptors (Lipinski definition) is 3. The number of nitrogens with one attached hydrogen (secondary N) is 1. The zero-order valence-corrected chi connectivity index (χ0v) is 21.4. The van der Waals surface area contributed by atoms with Crippen LogP contribution >= 0.6 is 23.4 Å². The van der Waals surface area contributed by atoms with Gasteiger partial charge in [-0.05, 0) is 56.2 Å². The molecule has 0 bridgehead atoms. The normalized spacial score (nSPS) is 12.1. The van der Waals surface area contributed by atoms with Crippen molar-refractivity contribution in [3.63, 3.8) is 0 Å². The molecule has 0 aliphatic heterocycles. The monoisotopic (exact) mass is 494 g/mol. The molecule has 1 unspecified atom stereocenters. The van der Waals surface area contributed by atoms with E-state index in [1.165, 1.54) is 11.8 Å². The molecule has 0 aromatic heterocycles. The minimum absolute atomic E-state index is 0.0983. The Labute approximate surface area is 211 Å². The third-order valence-corrected chi connectivity index (χ3v) is 6.35. The molecule has 0 fully saturated rings. The molecule has 3 aromatic carbocycles. The van der Waals surface area contributed by atoms with E-state index < -0.39 is 11.6 Å². The SMILES string of the molecule is CC(C)(C)NC(=O)C(Cc1ccccc1)N(Cc1cccc(Cl)c1)C(=O)CSc1ccccc1. The molecular formula is C28H31ClN2O2S. The van der Waals surface area contributed by atoms with Crippen molar-refractivity contribution in [2.45, 2.75) is 50.2 Å². The highest BCUT2D eigenvalue weighted by atomic mass is 35.5. The van der Waals surface area contributed by atoms with E-state index in [-0.39, 0.29) is 17.6 Å². The van der Waals surface area contributed by atoms with Crippen LogP contribution in [0.4, 0.5) is 0 Å². The minimum Gasteiger partial charge on any atom is -0.350 e. The van der Waals surface area contributed by atoms with Gasteiger partial charge < -0.3 is 10.2 Å². The van der Waals surface area contributed by atoms with Crippen LogP contribution in [0.2, 0.25) is 5.02 Å². The van der Waals surface area contributed by atoms with Gasteiger partial charge in [-0.15, -0.1) is 11.8 Å². The number of halogens is 1. The molecule has 0 saturated heterocycles. The fourth-order valence-corrected chi connectivity index (χ4v) is 4.60. The highest BCUT2D eigenvalue weighted by molar-refractivity contribution is 8.00. The second kappa shape index (κ2) is 12.1. The van der Waals surface area contributed by atoms with E-state index in [0.29, 0.717) is 18.0 Å². The van der Waals surface area contributed by atoms with E-state index in [9.17, 15) is 9.59 Å². The molecule has 0 aliphatic carbocycles. The highest BCUT2D eigenvalue weighted by Crippen LogP contribution is 2.22. The topological polar surface area (TPSA) is 49.4 Å². The summed E-state index contributed by atoms with van der Waals surface area (Å²) in [6.07, 6.45) is 0.422. The van der Waals surface area contributed by atoms with Gasteiger partial charge in [-0.2, -0.15) is 0 Å². The smallest absolute Gasteiger partial charge is 0.243 e. The van der Waals surface area contributed by atoms with E-state index in [1.54, 1.807) is 11.0 Å². The molecule has 0 radical (unpaired) electrons. The van der Waals surface area contributed by atoms with Gasteiger partial charge in [-0.25, -0.2) is 0 Å². The van der Waals surface area contributed by atoms with E-state index in [2.05, 4.69) is 5.32 Å². The lowest BCUT2D eigenvalue weighted by Crippen LogP contribution is -2.54. The number of amides is 2. The summed E-state index contributed by atoms with van der Waals surface area (Å²) >= 11 is 7.69. The van der Waals surface area contributed by atoms with Crippen molar-refractivity contribution in [1.82, 2.24) is 10.2 Å². The Morgan fingerprint density at radius 1 is 0.912 bits per heavy atom. The van der Waals surface area contributed by atoms with Crippen molar-refractivity contribution in [3.05, 3.63) is 101 Å². The fraction of sp³-hybridized carbons (Fsp3) is 0.286.